The molecule has 6 nitrogen and oxygen atoms in total. The van der Waals surface area contributed by atoms with E-state index in [-0.39, 0.29) is 12.3 Å². The van der Waals surface area contributed by atoms with Gasteiger partial charge in [-0.25, -0.2) is 4.79 Å². The summed E-state index contributed by atoms with van der Waals surface area (Å²) in [4.78, 5) is 27.3. The van der Waals surface area contributed by atoms with Crippen LogP contribution in [0.3, 0.4) is 0 Å². The Morgan fingerprint density at radius 3 is 2.73 bits per heavy atom. The van der Waals surface area contributed by atoms with Crippen LogP contribution < -0.4 is 20.6 Å². The summed E-state index contributed by atoms with van der Waals surface area (Å²) in [7, 11) is 1.57. The van der Waals surface area contributed by atoms with Crippen LogP contribution in [0.15, 0.2) is 51.7 Å². The first-order valence-electron chi connectivity index (χ1n) is 10.3. The number of nitrogens with zero attached hydrogens (tertiary/aromatic N) is 1. The van der Waals surface area contributed by atoms with E-state index < -0.39 is 5.63 Å². The molecule has 0 aliphatic carbocycles. The number of ether oxygens (including phenoxy) is 1. The van der Waals surface area contributed by atoms with Crippen LogP contribution in [-0.4, -0.2) is 26.1 Å². The molecule has 0 spiro atoms. The van der Waals surface area contributed by atoms with Crippen LogP contribution in [0.5, 0.6) is 5.75 Å². The van der Waals surface area contributed by atoms with Crippen LogP contribution in [0.4, 0.5) is 11.4 Å². The molecule has 0 bridgehead atoms. The lowest BCUT2D eigenvalue weighted by atomic mass is 10.0. The number of amides is 1. The van der Waals surface area contributed by atoms with Gasteiger partial charge in [-0.15, -0.1) is 0 Å². The number of fused-ring (bicyclic) bond motifs is 1. The number of anilines is 2. The molecule has 1 aliphatic rings. The molecule has 0 atom stereocenters. The smallest absolute Gasteiger partial charge is 0.339 e. The molecular formula is C24H26N2O4. The summed E-state index contributed by atoms with van der Waals surface area (Å²) in [6, 6.07) is 13.3. The van der Waals surface area contributed by atoms with Gasteiger partial charge in [-0.3, -0.25) is 4.79 Å². The first-order chi connectivity index (χ1) is 14.5. The van der Waals surface area contributed by atoms with Crippen LogP contribution in [-0.2, 0) is 11.2 Å². The third-order valence-electron chi connectivity index (χ3n) is 5.70. The van der Waals surface area contributed by atoms with Gasteiger partial charge in [0.05, 0.1) is 7.11 Å². The highest BCUT2D eigenvalue weighted by Crippen LogP contribution is 2.25. The van der Waals surface area contributed by atoms with Crippen LogP contribution in [0, 0.1) is 6.92 Å². The van der Waals surface area contributed by atoms with Gasteiger partial charge >= 0.3 is 5.63 Å². The van der Waals surface area contributed by atoms with Crippen LogP contribution >= 0.6 is 0 Å². The monoisotopic (exact) mass is 406 g/mol. The Labute approximate surface area is 175 Å². The normalized spacial score (nSPS) is 13.6. The number of rotatable bonds is 6. The van der Waals surface area contributed by atoms with E-state index in [1.807, 2.05) is 37.3 Å². The van der Waals surface area contributed by atoms with Crippen molar-refractivity contribution in [3.05, 3.63) is 64.0 Å². The zero-order valence-corrected chi connectivity index (χ0v) is 17.4. The number of hydrogen-bond donors (Lipinski definition) is 1. The lowest BCUT2D eigenvalue weighted by Crippen LogP contribution is -2.19. The van der Waals surface area contributed by atoms with Crippen molar-refractivity contribution in [3.63, 3.8) is 0 Å². The summed E-state index contributed by atoms with van der Waals surface area (Å²) < 4.78 is 10.7. The van der Waals surface area contributed by atoms with Gasteiger partial charge in [-0.2, -0.15) is 0 Å². The van der Waals surface area contributed by atoms with Gasteiger partial charge in [-0.05, 0) is 62.1 Å². The van der Waals surface area contributed by atoms with Crippen molar-refractivity contribution in [2.45, 2.75) is 32.6 Å². The molecule has 30 heavy (non-hydrogen) atoms. The number of hydrogen-bond acceptors (Lipinski definition) is 5. The van der Waals surface area contributed by atoms with Crippen molar-refractivity contribution < 1.29 is 13.9 Å². The first-order valence-corrected chi connectivity index (χ1v) is 10.3. The summed E-state index contributed by atoms with van der Waals surface area (Å²) in [5.41, 5.74) is 3.37. The predicted molar refractivity (Wildman–Crippen MR) is 119 cm³/mol. The van der Waals surface area contributed by atoms with Crippen LogP contribution in [0.25, 0.3) is 11.0 Å². The van der Waals surface area contributed by atoms with Gasteiger partial charge in [-0.1, -0.05) is 6.07 Å². The molecule has 1 fully saturated rings. The molecule has 2 aromatic carbocycles. The zero-order chi connectivity index (χ0) is 21.1. The number of methoxy groups -OCH3 is 1. The highest BCUT2D eigenvalue weighted by molar-refractivity contribution is 5.91. The first kappa shape index (κ1) is 20.0. The van der Waals surface area contributed by atoms with Gasteiger partial charge in [0, 0.05) is 47.9 Å². The van der Waals surface area contributed by atoms with Crippen molar-refractivity contribution in [3.8, 4) is 5.75 Å². The molecule has 1 amide bonds. The highest BCUT2D eigenvalue weighted by atomic mass is 16.5. The summed E-state index contributed by atoms with van der Waals surface area (Å²) in [6.45, 7) is 4.00. The number of benzene rings is 2. The molecule has 2 heterocycles. The average Bonchev–Trinajstić information content (AvgIpc) is 3.28. The summed E-state index contributed by atoms with van der Waals surface area (Å²) in [6.07, 6.45) is 2.95. The van der Waals surface area contributed by atoms with Crippen molar-refractivity contribution >= 4 is 28.3 Å². The van der Waals surface area contributed by atoms with E-state index in [1.165, 1.54) is 12.8 Å². The fraction of sp³-hybridized carbons (Fsp3) is 0.333. The number of nitrogens with one attached hydrogen (secondary N) is 1. The lowest BCUT2D eigenvalue weighted by Gasteiger charge is -2.18. The van der Waals surface area contributed by atoms with E-state index >= 15 is 0 Å². The summed E-state index contributed by atoms with van der Waals surface area (Å²) in [5.74, 6) is 0.510. The Hall–Kier alpha value is -3.28. The number of carbonyl (C=O) groups is 1. The van der Waals surface area contributed by atoms with Gasteiger partial charge in [0.25, 0.3) is 0 Å². The Morgan fingerprint density at radius 1 is 1.17 bits per heavy atom. The van der Waals surface area contributed by atoms with Crippen molar-refractivity contribution in [2.24, 2.45) is 0 Å². The van der Waals surface area contributed by atoms with E-state index in [4.69, 9.17) is 9.15 Å². The van der Waals surface area contributed by atoms with Gasteiger partial charge in [0.2, 0.25) is 5.91 Å². The van der Waals surface area contributed by atoms with Crippen molar-refractivity contribution in [1.29, 1.82) is 0 Å². The van der Waals surface area contributed by atoms with Gasteiger partial charge in [0.15, 0.2) is 0 Å². The molecule has 4 rings (SSSR count). The molecule has 0 saturated carbocycles. The fourth-order valence-electron chi connectivity index (χ4n) is 4.01. The SMILES string of the molecule is COc1ccc2c(C)c(CCC(=O)Nc3cccc(N4CCCC4)c3)c(=O)oc2c1. The van der Waals surface area contributed by atoms with Crippen molar-refractivity contribution in [2.75, 3.05) is 30.4 Å². The highest BCUT2D eigenvalue weighted by Gasteiger charge is 2.15. The largest absolute Gasteiger partial charge is 0.497 e. The van der Waals surface area contributed by atoms with E-state index in [0.717, 1.165) is 35.4 Å². The molecule has 3 aromatic rings. The fourth-order valence-corrected chi connectivity index (χ4v) is 4.01. The second-order valence-corrected chi connectivity index (χ2v) is 7.65. The second kappa shape index (κ2) is 8.61. The zero-order valence-electron chi connectivity index (χ0n) is 17.4. The molecule has 1 aromatic heterocycles. The number of carbonyl (C=O) groups excluding carboxylic acids is 1. The Kier molecular flexibility index (Phi) is 5.74. The summed E-state index contributed by atoms with van der Waals surface area (Å²) in [5, 5.41) is 3.80. The quantitative estimate of drug-likeness (QED) is 0.619. The number of aryl methyl sites for hydroxylation is 1. The maximum Gasteiger partial charge on any atom is 0.339 e. The standard InChI is InChI=1S/C24H26N2O4/c1-16-20-9-8-19(29-2)15-22(20)30-24(28)21(16)10-11-23(27)25-17-6-5-7-18(14-17)26-12-3-4-13-26/h5-9,14-15H,3-4,10-13H2,1-2H3,(H,25,27). The van der Waals surface area contributed by atoms with Crippen LogP contribution in [0.1, 0.15) is 30.4 Å². The van der Waals surface area contributed by atoms with Gasteiger partial charge < -0.3 is 19.4 Å². The third kappa shape index (κ3) is 4.17. The molecule has 1 aliphatic heterocycles. The second-order valence-electron chi connectivity index (χ2n) is 7.65. The minimum atomic E-state index is -0.405. The molecule has 156 valence electrons. The Bertz CT molecular complexity index is 1130. The average molecular weight is 406 g/mol. The minimum absolute atomic E-state index is 0.123. The van der Waals surface area contributed by atoms with E-state index in [0.29, 0.717) is 23.3 Å². The molecule has 1 N–H and O–H groups in total. The van der Waals surface area contributed by atoms with Crippen LogP contribution in [0.2, 0.25) is 0 Å². The molecule has 0 unspecified atom stereocenters. The maximum absolute atomic E-state index is 12.5. The molecular weight excluding hydrogens is 380 g/mol. The maximum atomic E-state index is 12.5. The van der Waals surface area contributed by atoms with E-state index in [2.05, 4.69) is 16.3 Å². The van der Waals surface area contributed by atoms with E-state index in [1.54, 1.807) is 13.2 Å². The third-order valence-corrected chi connectivity index (χ3v) is 5.70. The minimum Gasteiger partial charge on any atom is -0.497 e. The van der Waals surface area contributed by atoms with E-state index in [9.17, 15) is 9.59 Å². The summed E-state index contributed by atoms with van der Waals surface area (Å²) >= 11 is 0. The molecule has 0 radical (unpaired) electrons. The lowest BCUT2D eigenvalue weighted by molar-refractivity contribution is -0.116. The molecule has 6 heteroatoms. The Balaban J connectivity index is 1.45. The predicted octanol–water partition coefficient (Wildman–Crippen LogP) is 4.28. The van der Waals surface area contributed by atoms with Gasteiger partial charge in [0.1, 0.15) is 11.3 Å². The topological polar surface area (TPSA) is 71.8 Å². The molecule has 1 saturated heterocycles. The van der Waals surface area contributed by atoms with Crippen molar-refractivity contribution in [1.82, 2.24) is 0 Å². The Morgan fingerprint density at radius 2 is 1.97 bits per heavy atom.